The van der Waals surface area contributed by atoms with E-state index in [0.29, 0.717) is 22.3 Å². The average Bonchev–Trinajstić information content (AvgIpc) is 3.06. The number of anilines is 1. The maximum atomic E-state index is 12.0. The van der Waals surface area contributed by atoms with Gasteiger partial charge in [-0.25, -0.2) is 18.4 Å². The summed E-state index contributed by atoms with van der Waals surface area (Å²) in [4.78, 5) is 9.30. The third-order valence-corrected chi connectivity index (χ3v) is 6.32. The second-order valence-corrected chi connectivity index (χ2v) is 9.18. The third-order valence-electron chi connectivity index (χ3n) is 5.21. The number of benzene rings is 1. The molecule has 142 valence electrons. The van der Waals surface area contributed by atoms with Gasteiger partial charge in [-0.3, -0.25) is 4.40 Å². The van der Waals surface area contributed by atoms with Crippen LogP contribution in [0.5, 0.6) is 0 Å². The van der Waals surface area contributed by atoms with Gasteiger partial charge in [-0.05, 0) is 50.6 Å². The molecule has 2 aromatic heterocycles. The van der Waals surface area contributed by atoms with Gasteiger partial charge in [0.1, 0.15) is 0 Å². The number of hydrogen-bond acceptors (Lipinski definition) is 6. The van der Waals surface area contributed by atoms with Crippen LogP contribution in [0.3, 0.4) is 0 Å². The summed E-state index contributed by atoms with van der Waals surface area (Å²) in [7, 11) is -3.29. The maximum Gasteiger partial charge on any atom is 0.180 e. The molecule has 1 aromatic carbocycles. The van der Waals surface area contributed by atoms with Crippen LogP contribution >= 0.6 is 0 Å². The largest absolute Gasteiger partial charge is 0.381 e. The van der Waals surface area contributed by atoms with Crippen LogP contribution in [0.4, 0.5) is 5.82 Å². The number of aryl methyl sites for hydroxylation is 1. The van der Waals surface area contributed by atoms with Crippen LogP contribution in [0.1, 0.15) is 30.0 Å². The number of rotatable bonds is 3. The SMILES string of the molecule is Cc1ccc(S(C)(=O)=O)cc1-c1cnc2c(N)nc(C3CCNCC3)cn12. The minimum Gasteiger partial charge on any atom is -0.381 e. The molecule has 0 saturated carbocycles. The van der Waals surface area contributed by atoms with E-state index >= 15 is 0 Å². The molecule has 0 aliphatic carbocycles. The molecule has 0 unspecified atom stereocenters. The fraction of sp³-hybridized carbons (Fsp3) is 0.368. The smallest absolute Gasteiger partial charge is 0.180 e. The molecule has 0 spiro atoms. The van der Waals surface area contributed by atoms with Crippen molar-refractivity contribution in [3.63, 3.8) is 0 Å². The predicted octanol–water partition coefficient (Wildman–Crippen LogP) is 2.16. The number of nitrogens with one attached hydrogen (secondary N) is 1. The van der Waals surface area contributed by atoms with E-state index < -0.39 is 9.84 Å². The highest BCUT2D eigenvalue weighted by molar-refractivity contribution is 7.90. The van der Waals surface area contributed by atoms with Gasteiger partial charge < -0.3 is 11.1 Å². The van der Waals surface area contributed by atoms with E-state index in [1.54, 1.807) is 18.3 Å². The number of piperidine rings is 1. The van der Waals surface area contributed by atoms with Crippen LogP contribution in [0.2, 0.25) is 0 Å². The normalized spacial score (nSPS) is 16.1. The molecule has 8 heteroatoms. The third kappa shape index (κ3) is 3.30. The van der Waals surface area contributed by atoms with Crippen LogP contribution in [-0.2, 0) is 9.84 Å². The molecule has 1 aliphatic rings. The van der Waals surface area contributed by atoms with Gasteiger partial charge in [0, 0.05) is 23.9 Å². The van der Waals surface area contributed by atoms with Gasteiger partial charge in [0.15, 0.2) is 21.3 Å². The standard InChI is InChI=1S/C19H23N5O2S/c1-12-3-4-14(27(2,25)26)9-15(12)17-10-22-19-18(20)23-16(11-24(17)19)13-5-7-21-8-6-13/h3-4,9-11,13,21H,5-8H2,1-2H3,(H2,20,23). The highest BCUT2D eigenvalue weighted by Crippen LogP contribution is 2.31. The van der Waals surface area contributed by atoms with Crippen molar-refractivity contribution in [2.24, 2.45) is 0 Å². The Hall–Kier alpha value is -2.45. The first kappa shape index (κ1) is 17.9. The Morgan fingerprint density at radius 1 is 1.26 bits per heavy atom. The molecule has 4 rings (SSSR count). The summed E-state index contributed by atoms with van der Waals surface area (Å²) < 4.78 is 25.9. The highest BCUT2D eigenvalue weighted by Gasteiger charge is 2.20. The molecule has 0 bridgehead atoms. The minimum absolute atomic E-state index is 0.290. The molecule has 3 N–H and O–H groups in total. The van der Waals surface area contributed by atoms with E-state index in [0.717, 1.165) is 48.4 Å². The number of nitrogens with two attached hydrogens (primary N) is 1. The van der Waals surface area contributed by atoms with Crippen molar-refractivity contribution in [1.29, 1.82) is 0 Å². The van der Waals surface area contributed by atoms with E-state index in [1.807, 2.05) is 23.6 Å². The Labute approximate surface area is 158 Å². The van der Waals surface area contributed by atoms with Gasteiger partial charge in [-0.15, -0.1) is 0 Å². The second-order valence-electron chi connectivity index (χ2n) is 7.16. The van der Waals surface area contributed by atoms with Gasteiger partial charge in [-0.1, -0.05) is 6.07 Å². The van der Waals surface area contributed by atoms with E-state index in [-0.39, 0.29) is 0 Å². The van der Waals surface area contributed by atoms with Gasteiger partial charge in [0.05, 0.1) is 22.5 Å². The molecule has 1 aliphatic heterocycles. The van der Waals surface area contributed by atoms with Crippen molar-refractivity contribution in [3.8, 4) is 11.3 Å². The second kappa shape index (κ2) is 6.61. The molecular weight excluding hydrogens is 362 g/mol. The molecule has 3 heterocycles. The fourth-order valence-electron chi connectivity index (χ4n) is 3.65. The topological polar surface area (TPSA) is 102 Å². The zero-order valence-electron chi connectivity index (χ0n) is 15.4. The predicted molar refractivity (Wildman–Crippen MR) is 106 cm³/mol. The summed E-state index contributed by atoms with van der Waals surface area (Å²) in [5.74, 6) is 0.755. The Morgan fingerprint density at radius 3 is 2.70 bits per heavy atom. The molecule has 0 radical (unpaired) electrons. The van der Waals surface area contributed by atoms with Gasteiger partial charge in [0.2, 0.25) is 0 Å². The monoisotopic (exact) mass is 385 g/mol. The lowest BCUT2D eigenvalue weighted by Gasteiger charge is -2.22. The number of sulfone groups is 1. The van der Waals surface area contributed by atoms with E-state index in [9.17, 15) is 8.42 Å². The van der Waals surface area contributed by atoms with Crippen LogP contribution in [0.15, 0.2) is 35.5 Å². The minimum atomic E-state index is -3.29. The Balaban J connectivity index is 1.89. The maximum absolute atomic E-state index is 12.0. The van der Waals surface area contributed by atoms with Crippen molar-refractivity contribution in [3.05, 3.63) is 41.9 Å². The molecule has 0 amide bonds. The lowest BCUT2D eigenvalue weighted by molar-refractivity contribution is 0.452. The lowest BCUT2D eigenvalue weighted by atomic mass is 9.95. The number of aromatic nitrogens is 3. The van der Waals surface area contributed by atoms with Crippen LogP contribution in [0, 0.1) is 6.92 Å². The van der Waals surface area contributed by atoms with Crippen molar-refractivity contribution in [2.45, 2.75) is 30.6 Å². The van der Waals surface area contributed by atoms with Gasteiger partial charge in [0.25, 0.3) is 0 Å². The van der Waals surface area contributed by atoms with E-state index in [2.05, 4.69) is 15.3 Å². The summed E-state index contributed by atoms with van der Waals surface area (Å²) in [5.41, 5.74) is 10.4. The Bertz CT molecular complexity index is 1110. The van der Waals surface area contributed by atoms with Gasteiger partial charge in [-0.2, -0.15) is 0 Å². The first-order valence-corrected chi connectivity index (χ1v) is 10.9. The first-order chi connectivity index (χ1) is 12.8. The average molecular weight is 385 g/mol. The van der Waals surface area contributed by atoms with Crippen LogP contribution in [0.25, 0.3) is 16.9 Å². The molecule has 7 nitrogen and oxygen atoms in total. The quantitative estimate of drug-likeness (QED) is 0.716. The number of nitrogens with zero attached hydrogens (tertiary/aromatic N) is 3. The summed E-state index contributed by atoms with van der Waals surface area (Å²) in [6, 6.07) is 5.16. The summed E-state index contributed by atoms with van der Waals surface area (Å²) in [5, 5.41) is 3.36. The van der Waals surface area contributed by atoms with E-state index in [4.69, 9.17) is 5.73 Å². The number of hydrogen-bond donors (Lipinski definition) is 2. The molecule has 1 saturated heterocycles. The summed E-state index contributed by atoms with van der Waals surface area (Å²) >= 11 is 0. The lowest BCUT2D eigenvalue weighted by Crippen LogP contribution is -2.27. The summed E-state index contributed by atoms with van der Waals surface area (Å²) in [6.45, 7) is 3.90. The molecule has 3 aromatic rings. The van der Waals surface area contributed by atoms with Crippen LogP contribution < -0.4 is 11.1 Å². The molecule has 27 heavy (non-hydrogen) atoms. The number of nitrogen functional groups attached to an aromatic ring is 1. The Kier molecular flexibility index (Phi) is 4.39. The van der Waals surface area contributed by atoms with Gasteiger partial charge >= 0.3 is 0 Å². The van der Waals surface area contributed by atoms with Crippen molar-refractivity contribution in [1.82, 2.24) is 19.7 Å². The fourth-order valence-corrected chi connectivity index (χ4v) is 4.30. The molecule has 0 atom stereocenters. The summed E-state index contributed by atoms with van der Waals surface area (Å²) in [6.07, 6.45) is 6.98. The zero-order chi connectivity index (χ0) is 19.2. The zero-order valence-corrected chi connectivity index (χ0v) is 16.3. The molecule has 1 fully saturated rings. The highest BCUT2D eigenvalue weighted by atomic mass is 32.2. The van der Waals surface area contributed by atoms with Crippen molar-refractivity contribution in [2.75, 3.05) is 25.1 Å². The molecular formula is C19H23N5O2S. The van der Waals surface area contributed by atoms with Crippen molar-refractivity contribution >= 4 is 21.3 Å². The number of imidazole rings is 1. The number of fused-ring (bicyclic) bond motifs is 1. The van der Waals surface area contributed by atoms with Crippen molar-refractivity contribution < 1.29 is 8.42 Å². The Morgan fingerprint density at radius 2 is 2.00 bits per heavy atom. The van der Waals surface area contributed by atoms with E-state index in [1.165, 1.54) is 6.26 Å². The first-order valence-electron chi connectivity index (χ1n) is 9.00. The van der Waals surface area contributed by atoms with Crippen LogP contribution in [-0.4, -0.2) is 42.1 Å².